The van der Waals surface area contributed by atoms with Gasteiger partial charge in [-0.15, -0.1) is 0 Å². The Labute approximate surface area is 148 Å². The second-order valence-electron chi connectivity index (χ2n) is 5.46. The molecule has 0 fully saturated rings. The molecule has 0 saturated carbocycles. The molecule has 0 saturated heterocycles. The second-order valence-corrected chi connectivity index (χ2v) is 6.49. The van der Waals surface area contributed by atoms with Crippen LogP contribution < -0.4 is 13.7 Å². The van der Waals surface area contributed by atoms with Crippen molar-refractivity contribution in [1.29, 1.82) is 0 Å². The minimum Gasteiger partial charge on any atom is -0.504 e. The van der Waals surface area contributed by atoms with Crippen LogP contribution in [0.2, 0.25) is 0 Å². The van der Waals surface area contributed by atoms with E-state index in [1.54, 1.807) is 0 Å². The van der Waals surface area contributed by atoms with Crippen LogP contribution in [-0.4, -0.2) is 36.1 Å². The van der Waals surface area contributed by atoms with E-state index in [1.165, 1.54) is 37.4 Å². The van der Waals surface area contributed by atoms with Gasteiger partial charge in [0.25, 0.3) is 0 Å². The topological polar surface area (TPSA) is 140 Å². The highest BCUT2D eigenvalue weighted by Gasteiger charge is 2.33. The maximum Gasteiger partial charge on any atom is 0.446 e. The summed E-state index contributed by atoms with van der Waals surface area (Å²) in [6, 6.07) is 6.68. The summed E-state index contributed by atoms with van der Waals surface area (Å²) >= 11 is 0. The number of phenolic OH excluding ortho intramolecular Hbond substituents is 2. The lowest BCUT2D eigenvalue weighted by Crippen LogP contribution is -2.20. The summed E-state index contributed by atoms with van der Waals surface area (Å²) in [6.07, 6.45) is -0.811. The Morgan fingerprint density at radius 1 is 1.19 bits per heavy atom. The minimum atomic E-state index is -4.63. The predicted octanol–water partition coefficient (Wildman–Crippen LogP) is 1.99. The van der Waals surface area contributed by atoms with Crippen molar-refractivity contribution in [3.63, 3.8) is 0 Å². The first-order chi connectivity index (χ1) is 12.2. The molecule has 9 nitrogen and oxygen atoms in total. The molecule has 3 N–H and O–H groups in total. The molecule has 0 bridgehead atoms. The molecule has 1 aliphatic heterocycles. The van der Waals surface area contributed by atoms with Crippen molar-refractivity contribution in [3.05, 3.63) is 41.5 Å². The molecule has 3 rings (SSSR count). The molecule has 1 aliphatic rings. The fraction of sp³-hybridized carbons (Fsp3) is 0.188. The van der Waals surface area contributed by atoms with Gasteiger partial charge in [-0.2, -0.15) is 8.42 Å². The minimum absolute atomic E-state index is 0.000289. The van der Waals surface area contributed by atoms with E-state index in [2.05, 4.69) is 4.18 Å². The van der Waals surface area contributed by atoms with E-state index in [-0.39, 0.29) is 35.0 Å². The molecule has 10 heteroatoms. The summed E-state index contributed by atoms with van der Waals surface area (Å²) in [6.45, 7) is 0. The van der Waals surface area contributed by atoms with E-state index in [9.17, 15) is 23.4 Å². The van der Waals surface area contributed by atoms with Crippen LogP contribution in [0.5, 0.6) is 28.7 Å². The quantitative estimate of drug-likeness (QED) is 0.677. The van der Waals surface area contributed by atoms with Crippen LogP contribution in [-0.2, 0) is 10.4 Å². The van der Waals surface area contributed by atoms with Crippen molar-refractivity contribution >= 4 is 16.2 Å². The monoisotopic (exact) mass is 382 g/mol. The third-order valence-corrected chi connectivity index (χ3v) is 4.18. The Morgan fingerprint density at radius 2 is 1.85 bits per heavy atom. The second kappa shape index (κ2) is 6.39. The standard InChI is InChI=1S/C16H14O9S/c1-23-16-11(18)7-13-14(15(16)19)10(17)6-12(24-13)8-2-4-9(5-3-8)25-26(20,21)22/h2-5,7,12,18-19H,6H2,1H3,(H,20,21,22). The first kappa shape index (κ1) is 17.8. The first-order valence-corrected chi connectivity index (χ1v) is 8.65. The summed E-state index contributed by atoms with van der Waals surface area (Å²) in [5, 5.41) is 20.0. The number of methoxy groups -OCH3 is 1. The van der Waals surface area contributed by atoms with Crippen molar-refractivity contribution in [2.75, 3.05) is 7.11 Å². The highest BCUT2D eigenvalue weighted by atomic mass is 32.3. The lowest BCUT2D eigenvalue weighted by molar-refractivity contribution is 0.0843. The molecular weight excluding hydrogens is 368 g/mol. The lowest BCUT2D eigenvalue weighted by atomic mass is 9.95. The fourth-order valence-corrected chi connectivity index (χ4v) is 3.04. The Kier molecular flexibility index (Phi) is 4.38. The number of carbonyl (C=O) groups excluding carboxylic acids is 1. The highest BCUT2D eigenvalue weighted by molar-refractivity contribution is 7.81. The van der Waals surface area contributed by atoms with Gasteiger partial charge in [0, 0.05) is 6.07 Å². The summed E-state index contributed by atoms with van der Waals surface area (Å²) in [5.74, 6) is -1.62. The van der Waals surface area contributed by atoms with Crippen molar-refractivity contribution < 1.29 is 41.6 Å². The van der Waals surface area contributed by atoms with Gasteiger partial charge in [0.1, 0.15) is 23.2 Å². The Balaban J connectivity index is 1.91. The Bertz CT molecular complexity index is 964. The zero-order valence-electron chi connectivity index (χ0n) is 13.4. The van der Waals surface area contributed by atoms with Gasteiger partial charge in [0.2, 0.25) is 5.75 Å². The number of Topliss-reactive ketones (excluding diaryl/α,β-unsaturated/α-hetero) is 1. The zero-order valence-corrected chi connectivity index (χ0v) is 14.2. The van der Waals surface area contributed by atoms with Gasteiger partial charge < -0.3 is 23.9 Å². The summed E-state index contributed by atoms with van der Waals surface area (Å²) in [4.78, 5) is 12.4. The van der Waals surface area contributed by atoms with Crippen molar-refractivity contribution in [2.45, 2.75) is 12.5 Å². The summed E-state index contributed by atoms with van der Waals surface area (Å²) in [5.41, 5.74) is 0.448. The Morgan fingerprint density at radius 3 is 2.42 bits per heavy atom. The molecule has 2 aromatic rings. The number of hydrogen-bond acceptors (Lipinski definition) is 8. The smallest absolute Gasteiger partial charge is 0.446 e. The molecule has 26 heavy (non-hydrogen) atoms. The van der Waals surface area contributed by atoms with Gasteiger partial charge >= 0.3 is 10.4 Å². The number of ether oxygens (including phenoxy) is 2. The fourth-order valence-electron chi connectivity index (χ4n) is 2.69. The first-order valence-electron chi connectivity index (χ1n) is 7.29. The molecule has 1 heterocycles. The average molecular weight is 382 g/mol. The van der Waals surface area contributed by atoms with Gasteiger partial charge in [-0.3, -0.25) is 9.35 Å². The van der Waals surface area contributed by atoms with Gasteiger partial charge in [-0.25, -0.2) is 0 Å². The van der Waals surface area contributed by atoms with Gasteiger partial charge in [0.15, 0.2) is 17.3 Å². The van der Waals surface area contributed by atoms with Crippen molar-refractivity contribution in [1.82, 2.24) is 0 Å². The summed E-state index contributed by atoms with van der Waals surface area (Å²) < 4.78 is 44.9. The van der Waals surface area contributed by atoms with Gasteiger partial charge in [-0.1, -0.05) is 12.1 Å². The van der Waals surface area contributed by atoms with E-state index in [0.29, 0.717) is 5.56 Å². The number of aromatic hydroxyl groups is 2. The highest BCUT2D eigenvalue weighted by Crippen LogP contribution is 2.48. The number of ketones is 1. The van der Waals surface area contributed by atoms with Crippen LogP contribution in [0, 0.1) is 0 Å². The predicted molar refractivity (Wildman–Crippen MR) is 87.3 cm³/mol. The number of benzene rings is 2. The van der Waals surface area contributed by atoms with Crippen molar-refractivity contribution in [3.8, 4) is 28.7 Å². The summed E-state index contributed by atoms with van der Waals surface area (Å²) in [7, 11) is -3.39. The molecule has 0 radical (unpaired) electrons. The molecule has 1 atom stereocenters. The lowest BCUT2D eigenvalue weighted by Gasteiger charge is -2.26. The van der Waals surface area contributed by atoms with Crippen molar-refractivity contribution in [2.24, 2.45) is 0 Å². The molecule has 0 aliphatic carbocycles. The average Bonchev–Trinajstić information content (AvgIpc) is 2.53. The molecule has 138 valence electrons. The zero-order chi connectivity index (χ0) is 19.1. The van der Waals surface area contributed by atoms with Crippen LogP contribution in [0.3, 0.4) is 0 Å². The van der Waals surface area contributed by atoms with Crippen LogP contribution >= 0.6 is 0 Å². The van der Waals surface area contributed by atoms with E-state index in [0.717, 1.165) is 0 Å². The van der Waals surface area contributed by atoms with E-state index in [1.807, 2.05) is 0 Å². The number of phenols is 2. The van der Waals surface area contributed by atoms with Crippen LogP contribution in [0.1, 0.15) is 28.4 Å². The number of carbonyl (C=O) groups is 1. The van der Waals surface area contributed by atoms with Gasteiger partial charge in [-0.05, 0) is 17.7 Å². The molecule has 0 aromatic heterocycles. The Hall–Kier alpha value is -2.98. The number of rotatable bonds is 4. The molecule has 2 aromatic carbocycles. The SMILES string of the molecule is COc1c(O)cc2c(c1O)C(=O)CC(c1ccc(OS(=O)(=O)O)cc1)O2. The normalized spacial score (nSPS) is 16.5. The van der Waals surface area contributed by atoms with E-state index in [4.69, 9.17) is 14.0 Å². The van der Waals surface area contributed by atoms with Crippen LogP contribution in [0.15, 0.2) is 30.3 Å². The van der Waals surface area contributed by atoms with E-state index < -0.39 is 28.0 Å². The number of hydrogen-bond donors (Lipinski definition) is 3. The maximum absolute atomic E-state index is 12.4. The molecule has 0 spiro atoms. The largest absolute Gasteiger partial charge is 0.504 e. The van der Waals surface area contributed by atoms with E-state index >= 15 is 0 Å². The van der Waals surface area contributed by atoms with Crippen LogP contribution in [0.25, 0.3) is 0 Å². The maximum atomic E-state index is 12.4. The third kappa shape index (κ3) is 3.37. The molecular formula is C16H14O9S. The van der Waals surface area contributed by atoms with Gasteiger partial charge in [0.05, 0.1) is 13.5 Å². The molecule has 0 amide bonds. The van der Waals surface area contributed by atoms with Crippen LogP contribution in [0.4, 0.5) is 0 Å². The molecule has 1 unspecified atom stereocenters. The number of fused-ring (bicyclic) bond motifs is 1. The third-order valence-electron chi connectivity index (χ3n) is 3.78.